The fourth-order valence-electron chi connectivity index (χ4n) is 2.43. The van der Waals surface area contributed by atoms with Crippen LogP contribution < -0.4 is 15.4 Å². The van der Waals surface area contributed by atoms with Gasteiger partial charge >= 0.3 is 0 Å². The largest absolute Gasteiger partial charge is 0.497 e. The number of aliphatic imine (C=N–C) groups is 1. The maximum Gasteiger partial charge on any atom is 0.191 e. The second-order valence-corrected chi connectivity index (χ2v) is 5.80. The number of ether oxygens (including phenoxy) is 1. The first-order valence-corrected chi connectivity index (χ1v) is 8.03. The molecule has 5 nitrogen and oxygen atoms in total. The van der Waals surface area contributed by atoms with E-state index in [0.29, 0.717) is 6.54 Å². The van der Waals surface area contributed by atoms with Crippen molar-refractivity contribution in [3.8, 4) is 5.75 Å². The van der Waals surface area contributed by atoms with Gasteiger partial charge in [-0.1, -0.05) is 12.1 Å². The van der Waals surface area contributed by atoms with Crippen LogP contribution in [-0.4, -0.2) is 43.4 Å². The minimum Gasteiger partial charge on any atom is -0.497 e. The lowest BCUT2D eigenvalue weighted by molar-refractivity contribution is -0.0236. The van der Waals surface area contributed by atoms with Crippen LogP contribution in [0.2, 0.25) is 0 Å². The van der Waals surface area contributed by atoms with Gasteiger partial charge in [0.2, 0.25) is 0 Å². The van der Waals surface area contributed by atoms with E-state index < -0.39 is 5.60 Å². The zero-order valence-corrected chi connectivity index (χ0v) is 13.6. The van der Waals surface area contributed by atoms with Gasteiger partial charge in [-0.25, -0.2) is 0 Å². The van der Waals surface area contributed by atoms with E-state index in [1.807, 2.05) is 19.1 Å². The summed E-state index contributed by atoms with van der Waals surface area (Å²) in [5.41, 5.74) is 0.681. The van der Waals surface area contributed by atoms with Crippen LogP contribution in [0.1, 0.15) is 31.7 Å². The summed E-state index contributed by atoms with van der Waals surface area (Å²) in [5.74, 6) is 1.65. The molecule has 1 aromatic carbocycles. The lowest BCUT2D eigenvalue weighted by Crippen LogP contribution is -2.43. The smallest absolute Gasteiger partial charge is 0.191 e. The predicted molar refractivity (Wildman–Crippen MR) is 89.5 cm³/mol. The van der Waals surface area contributed by atoms with Crippen LogP contribution in [0.5, 0.6) is 5.75 Å². The van der Waals surface area contributed by atoms with Gasteiger partial charge in [-0.15, -0.1) is 0 Å². The molecule has 0 aromatic heterocycles. The van der Waals surface area contributed by atoms with Crippen molar-refractivity contribution < 1.29 is 9.84 Å². The first-order chi connectivity index (χ1) is 10.6. The number of nitrogens with one attached hydrogen (secondary N) is 2. The Bertz CT molecular complexity index is 481. The normalized spacial score (nSPS) is 16.8. The van der Waals surface area contributed by atoms with Gasteiger partial charge < -0.3 is 20.5 Å². The van der Waals surface area contributed by atoms with Crippen molar-refractivity contribution in [1.82, 2.24) is 10.6 Å². The van der Waals surface area contributed by atoms with Gasteiger partial charge in [-0.2, -0.15) is 0 Å². The Hall–Kier alpha value is -1.75. The number of hydrogen-bond donors (Lipinski definition) is 3. The van der Waals surface area contributed by atoms with Gasteiger partial charge in [0.05, 0.1) is 19.3 Å². The molecule has 1 aliphatic rings. The van der Waals surface area contributed by atoms with Gasteiger partial charge in [0.15, 0.2) is 5.96 Å². The van der Waals surface area contributed by atoms with Crippen LogP contribution in [0.4, 0.5) is 0 Å². The Labute approximate surface area is 132 Å². The fraction of sp³-hybridized carbons (Fsp3) is 0.588. The summed E-state index contributed by atoms with van der Waals surface area (Å²) < 4.78 is 5.16. The number of benzene rings is 1. The molecule has 1 saturated carbocycles. The van der Waals surface area contributed by atoms with Crippen molar-refractivity contribution in [2.24, 2.45) is 4.99 Å². The third-order valence-electron chi connectivity index (χ3n) is 4.03. The summed E-state index contributed by atoms with van der Waals surface area (Å²) in [6.45, 7) is 4.13. The fourth-order valence-corrected chi connectivity index (χ4v) is 2.43. The van der Waals surface area contributed by atoms with Crippen molar-refractivity contribution in [3.05, 3.63) is 29.8 Å². The second kappa shape index (κ2) is 8.03. The van der Waals surface area contributed by atoms with Crippen molar-refractivity contribution in [2.75, 3.05) is 26.7 Å². The number of methoxy groups -OCH3 is 1. The highest BCUT2D eigenvalue weighted by Crippen LogP contribution is 2.31. The van der Waals surface area contributed by atoms with E-state index in [9.17, 15) is 5.11 Å². The summed E-state index contributed by atoms with van der Waals surface area (Å²) in [6, 6.07) is 8.09. The Balaban J connectivity index is 1.79. The highest BCUT2D eigenvalue weighted by Gasteiger charge is 2.34. The summed E-state index contributed by atoms with van der Waals surface area (Å²) in [7, 11) is 1.67. The Kier molecular flexibility index (Phi) is 6.07. The SMILES string of the molecule is CCNC(=NCC1(O)CCC1)NCCc1ccc(OC)cc1. The molecule has 1 fully saturated rings. The molecule has 0 atom stereocenters. The van der Waals surface area contributed by atoms with Crippen LogP contribution in [-0.2, 0) is 6.42 Å². The Morgan fingerprint density at radius 2 is 2.00 bits per heavy atom. The lowest BCUT2D eigenvalue weighted by Gasteiger charge is -2.35. The highest BCUT2D eigenvalue weighted by atomic mass is 16.5. The molecule has 0 unspecified atom stereocenters. The van der Waals surface area contributed by atoms with Crippen molar-refractivity contribution in [2.45, 2.75) is 38.2 Å². The van der Waals surface area contributed by atoms with E-state index in [0.717, 1.165) is 50.5 Å². The number of rotatable bonds is 7. The third kappa shape index (κ3) is 4.91. The Morgan fingerprint density at radius 3 is 2.55 bits per heavy atom. The quantitative estimate of drug-likeness (QED) is 0.530. The van der Waals surface area contributed by atoms with Gasteiger partial charge in [-0.05, 0) is 50.3 Å². The van der Waals surface area contributed by atoms with Gasteiger partial charge in [-0.3, -0.25) is 4.99 Å². The maximum absolute atomic E-state index is 10.1. The average Bonchev–Trinajstić information content (AvgIpc) is 2.51. The molecule has 22 heavy (non-hydrogen) atoms. The van der Waals surface area contributed by atoms with E-state index in [2.05, 4.69) is 27.8 Å². The summed E-state index contributed by atoms with van der Waals surface area (Å²) in [6.07, 6.45) is 3.75. The molecular formula is C17H27N3O2. The number of nitrogens with zero attached hydrogens (tertiary/aromatic N) is 1. The molecule has 0 bridgehead atoms. The zero-order chi connectivity index (χ0) is 15.8. The zero-order valence-electron chi connectivity index (χ0n) is 13.6. The standard InChI is InChI=1S/C17H27N3O2/c1-3-18-16(20-13-17(21)10-4-11-17)19-12-9-14-5-7-15(22-2)8-6-14/h5-8,21H,3-4,9-13H2,1-2H3,(H2,18,19,20). The summed E-state index contributed by atoms with van der Waals surface area (Å²) in [4.78, 5) is 4.49. The van der Waals surface area contributed by atoms with Gasteiger partial charge in [0.25, 0.3) is 0 Å². The highest BCUT2D eigenvalue weighted by molar-refractivity contribution is 5.79. The topological polar surface area (TPSA) is 65.9 Å². The van der Waals surface area contributed by atoms with E-state index in [-0.39, 0.29) is 0 Å². The minimum absolute atomic E-state index is 0.477. The summed E-state index contributed by atoms with van der Waals surface area (Å²) in [5, 5.41) is 16.6. The molecule has 0 radical (unpaired) electrons. The molecule has 122 valence electrons. The number of aliphatic hydroxyl groups is 1. The molecule has 0 spiro atoms. The first kappa shape index (κ1) is 16.6. The van der Waals surface area contributed by atoms with Crippen LogP contribution in [0, 0.1) is 0 Å². The molecule has 0 amide bonds. The molecule has 1 aromatic rings. The molecule has 2 rings (SSSR count). The number of hydrogen-bond acceptors (Lipinski definition) is 3. The molecule has 0 heterocycles. The molecule has 0 saturated heterocycles. The molecule has 0 aliphatic heterocycles. The van der Waals surface area contributed by atoms with E-state index >= 15 is 0 Å². The Morgan fingerprint density at radius 1 is 1.27 bits per heavy atom. The average molecular weight is 305 g/mol. The van der Waals surface area contributed by atoms with Crippen molar-refractivity contribution in [1.29, 1.82) is 0 Å². The van der Waals surface area contributed by atoms with E-state index in [1.165, 1.54) is 5.56 Å². The molecule has 5 heteroatoms. The van der Waals surface area contributed by atoms with E-state index in [1.54, 1.807) is 7.11 Å². The molecular weight excluding hydrogens is 278 g/mol. The second-order valence-electron chi connectivity index (χ2n) is 5.80. The van der Waals surface area contributed by atoms with Crippen molar-refractivity contribution in [3.63, 3.8) is 0 Å². The van der Waals surface area contributed by atoms with Crippen molar-refractivity contribution >= 4 is 5.96 Å². The molecule has 1 aliphatic carbocycles. The van der Waals surface area contributed by atoms with E-state index in [4.69, 9.17) is 4.74 Å². The van der Waals surface area contributed by atoms with Crippen LogP contribution in [0.25, 0.3) is 0 Å². The van der Waals surface area contributed by atoms with Gasteiger partial charge in [0.1, 0.15) is 5.75 Å². The monoisotopic (exact) mass is 305 g/mol. The maximum atomic E-state index is 10.1. The van der Waals surface area contributed by atoms with Gasteiger partial charge in [0, 0.05) is 13.1 Å². The number of guanidine groups is 1. The first-order valence-electron chi connectivity index (χ1n) is 8.03. The third-order valence-corrected chi connectivity index (χ3v) is 4.03. The summed E-state index contributed by atoms with van der Waals surface area (Å²) >= 11 is 0. The minimum atomic E-state index is -0.571. The van der Waals surface area contributed by atoms with Crippen LogP contribution in [0.3, 0.4) is 0 Å². The predicted octanol–water partition coefficient (Wildman–Crippen LogP) is 1.71. The lowest BCUT2D eigenvalue weighted by atomic mass is 9.80. The van der Waals surface area contributed by atoms with Crippen LogP contribution >= 0.6 is 0 Å². The van der Waals surface area contributed by atoms with Crippen LogP contribution in [0.15, 0.2) is 29.3 Å². The molecule has 3 N–H and O–H groups in total.